The monoisotopic (exact) mass is 428 g/mol. The maximum atomic E-state index is 11.3. The van der Waals surface area contributed by atoms with E-state index in [0.717, 1.165) is 53.1 Å². The van der Waals surface area contributed by atoms with Gasteiger partial charge in [-0.25, -0.2) is 4.98 Å². The number of rotatable bonds is 9. The lowest BCUT2D eigenvalue weighted by Gasteiger charge is -2.11. The Bertz CT molecular complexity index is 1180. The van der Waals surface area contributed by atoms with Gasteiger partial charge in [-0.15, -0.1) is 0 Å². The number of pyridine rings is 1. The number of hydrogen-bond acceptors (Lipinski definition) is 4. The molecule has 0 aliphatic heterocycles. The normalized spacial score (nSPS) is 10.9. The zero-order valence-corrected chi connectivity index (χ0v) is 18.5. The van der Waals surface area contributed by atoms with Gasteiger partial charge in [0.1, 0.15) is 11.6 Å². The number of fused-ring (bicyclic) bond motifs is 1. The second-order valence-electron chi connectivity index (χ2n) is 7.83. The van der Waals surface area contributed by atoms with Crippen molar-refractivity contribution in [3.05, 3.63) is 72.6 Å². The first-order valence-electron chi connectivity index (χ1n) is 11.0. The number of ether oxygens (including phenoxy) is 1. The lowest BCUT2D eigenvalue weighted by Crippen LogP contribution is -2.16. The highest BCUT2D eigenvalue weighted by molar-refractivity contribution is 5.84. The molecule has 6 heteroatoms. The zero-order chi connectivity index (χ0) is 22.3. The summed E-state index contributed by atoms with van der Waals surface area (Å²) in [6.07, 6.45) is 6.91. The van der Waals surface area contributed by atoms with E-state index in [1.54, 1.807) is 13.2 Å². The Hall–Kier alpha value is -3.67. The second-order valence-corrected chi connectivity index (χ2v) is 7.83. The second kappa shape index (κ2) is 10.1. The summed E-state index contributed by atoms with van der Waals surface area (Å²) in [6, 6.07) is 18.4. The number of aryl methyl sites for hydroxylation is 1. The minimum absolute atomic E-state index is 0.0881. The molecule has 4 aromatic rings. The molecule has 0 saturated heterocycles. The quantitative estimate of drug-likeness (QED) is 0.378. The van der Waals surface area contributed by atoms with Crippen LogP contribution < -0.4 is 10.1 Å². The van der Waals surface area contributed by atoms with Crippen molar-refractivity contribution >= 4 is 16.9 Å². The molecule has 1 N–H and O–H groups in total. The van der Waals surface area contributed by atoms with E-state index in [-0.39, 0.29) is 5.91 Å². The summed E-state index contributed by atoms with van der Waals surface area (Å²) in [7, 11) is 1.67. The first-order valence-corrected chi connectivity index (χ1v) is 11.0. The molecule has 0 aliphatic carbocycles. The Morgan fingerprint density at radius 3 is 2.66 bits per heavy atom. The van der Waals surface area contributed by atoms with Crippen LogP contribution in [0.2, 0.25) is 0 Å². The van der Waals surface area contributed by atoms with Gasteiger partial charge in [0.15, 0.2) is 0 Å². The van der Waals surface area contributed by atoms with E-state index < -0.39 is 0 Å². The van der Waals surface area contributed by atoms with E-state index in [4.69, 9.17) is 9.72 Å². The van der Waals surface area contributed by atoms with Crippen molar-refractivity contribution in [2.24, 2.45) is 0 Å². The summed E-state index contributed by atoms with van der Waals surface area (Å²) >= 11 is 0. The molecule has 1 amide bonds. The number of nitrogens with one attached hydrogen (secondary N) is 1. The highest BCUT2D eigenvalue weighted by Gasteiger charge is 2.15. The van der Waals surface area contributed by atoms with Crippen LogP contribution in [-0.4, -0.2) is 34.1 Å². The van der Waals surface area contributed by atoms with E-state index >= 15 is 0 Å². The van der Waals surface area contributed by atoms with Crippen LogP contribution >= 0.6 is 0 Å². The van der Waals surface area contributed by atoms with Crippen molar-refractivity contribution in [3.8, 4) is 22.8 Å². The highest BCUT2D eigenvalue weighted by Crippen LogP contribution is 2.30. The van der Waals surface area contributed by atoms with Crippen LogP contribution in [0.25, 0.3) is 28.1 Å². The Kier molecular flexibility index (Phi) is 6.80. The molecule has 0 aliphatic rings. The topological polar surface area (TPSA) is 69.0 Å². The van der Waals surface area contributed by atoms with Crippen LogP contribution in [0.4, 0.5) is 0 Å². The number of aromatic nitrogens is 3. The lowest BCUT2D eigenvalue weighted by molar-refractivity contribution is -0.120. The average Bonchev–Trinajstić information content (AvgIpc) is 3.21. The van der Waals surface area contributed by atoms with Gasteiger partial charge in [0, 0.05) is 43.2 Å². The predicted molar refractivity (Wildman–Crippen MR) is 127 cm³/mol. The fourth-order valence-electron chi connectivity index (χ4n) is 3.67. The van der Waals surface area contributed by atoms with E-state index in [0.29, 0.717) is 13.0 Å². The fraction of sp³-hybridized carbons (Fsp3) is 0.269. The maximum Gasteiger partial charge on any atom is 0.219 e. The zero-order valence-electron chi connectivity index (χ0n) is 18.5. The summed E-state index contributed by atoms with van der Waals surface area (Å²) in [5.41, 5.74) is 5.11. The number of benzene rings is 2. The molecule has 2 aromatic carbocycles. The summed E-state index contributed by atoms with van der Waals surface area (Å²) in [4.78, 5) is 20.5. The van der Waals surface area contributed by atoms with Crippen LogP contribution in [0.15, 0.2) is 67.0 Å². The molecular weight excluding hydrogens is 400 g/mol. The van der Waals surface area contributed by atoms with Crippen molar-refractivity contribution in [1.82, 2.24) is 19.9 Å². The van der Waals surface area contributed by atoms with Gasteiger partial charge >= 0.3 is 0 Å². The Balaban J connectivity index is 1.58. The molecule has 0 atom stereocenters. The third-order valence-electron chi connectivity index (χ3n) is 5.43. The maximum absolute atomic E-state index is 11.3. The Labute approximate surface area is 188 Å². The number of carbonyl (C=O) groups is 1. The van der Waals surface area contributed by atoms with Crippen LogP contribution in [0.5, 0.6) is 5.75 Å². The Morgan fingerprint density at radius 2 is 1.91 bits per heavy atom. The van der Waals surface area contributed by atoms with Gasteiger partial charge in [-0.05, 0) is 62.6 Å². The molecule has 0 spiro atoms. The van der Waals surface area contributed by atoms with Crippen molar-refractivity contribution in [1.29, 1.82) is 0 Å². The van der Waals surface area contributed by atoms with Crippen LogP contribution in [0, 0.1) is 6.92 Å². The van der Waals surface area contributed by atoms with E-state index in [9.17, 15) is 4.79 Å². The van der Waals surface area contributed by atoms with Gasteiger partial charge in [-0.1, -0.05) is 17.7 Å². The molecule has 4 rings (SSSR count). The highest BCUT2D eigenvalue weighted by atomic mass is 16.5. The van der Waals surface area contributed by atoms with Crippen molar-refractivity contribution in [3.63, 3.8) is 0 Å². The summed E-state index contributed by atoms with van der Waals surface area (Å²) < 4.78 is 8.17. The molecule has 0 fully saturated rings. The van der Waals surface area contributed by atoms with Gasteiger partial charge < -0.3 is 10.1 Å². The SMILES string of the molecule is CNC(=O)CCCCCOc1ccc2nc(-c3cccnc3)n(-c3ccc(C)cc3)c2c1. The molecule has 164 valence electrons. The minimum Gasteiger partial charge on any atom is -0.494 e. The van der Waals surface area contributed by atoms with Gasteiger partial charge in [0.25, 0.3) is 0 Å². The smallest absolute Gasteiger partial charge is 0.219 e. The fourth-order valence-corrected chi connectivity index (χ4v) is 3.67. The van der Waals surface area contributed by atoms with Crippen LogP contribution in [-0.2, 0) is 4.79 Å². The molecule has 6 nitrogen and oxygen atoms in total. The molecule has 0 unspecified atom stereocenters. The largest absolute Gasteiger partial charge is 0.494 e. The minimum atomic E-state index is 0.0881. The summed E-state index contributed by atoms with van der Waals surface area (Å²) in [6.45, 7) is 2.70. The molecule has 2 heterocycles. The van der Waals surface area contributed by atoms with E-state index in [1.807, 2.05) is 36.5 Å². The van der Waals surface area contributed by atoms with Gasteiger partial charge in [0.05, 0.1) is 17.6 Å². The molecule has 0 saturated carbocycles. The molecule has 0 radical (unpaired) electrons. The molecular formula is C26H28N4O2. The van der Waals surface area contributed by atoms with Crippen molar-refractivity contribution < 1.29 is 9.53 Å². The van der Waals surface area contributed by atoms with E-state index in [2.05, 4.69) is 46.1 Å². The third kappa shape index (κ3) is 4.97. The molecule has 0 bridgehead atoms. The average molecular weight is 429 g/mol. The number of imidazole rings is 1. The molecule has 32 heavy (non-hydrogen) atoms. The van der Waals surface area contributed by atoms with Crippen molar-refractivity contribution in [2.75, 3.05) is 13.7 Å². The number of hydrogen-bond donors (Lipinski definition) is 1. The van der Waals surface area contributed by atoms with Gasteiger partial charge in [0.2, 0.25) is 5.91 Å². The first-order chi connectivity index (χ1) is 15.7. The standard InChI is InChI=1S/C26H28N4O2/c1-19-9-11-21(12-10-19)30-24-17-22(32-16-5-3-4-8-25(31)27-2)13-14-23(24)29-26(30)20-7-6-15-28-18-20/h6-7,9-15,17-18H,3-5,8,16H2,1-2H3,(H,27,31). The molecule has 2 aromatic heterocycles. The van der Waals surface area contributed by atoms with E-state index in [1.165, 1.54) is 5.56 Å². The lowest BCUT2D eigenvalue weighted by atomic mass is 10.2. The number of nitrogens with zero attached hydrogens (tertiary/aromatic N) is 3. The van der Waals surface area contributed by atoms with Gasteiger partial charge in [-0.3, -0.25) is 14.3 Å². The summed E-state index contributed by atoms with van der Waals surface area (Å²) in [5.74, 6) is 1.75. The summed E-state index contributed by atoms with van der Waals surface area (Å²) in [5, 5.41) is 2.65. The number of unbranched alkanes of at least 4 members (excludes halogenated alkanes) is 2. The number of carbonyl (C=O) groups excluding carboxylic acids is 1. The predicted octanol–water partition coefficient (Wildman–Crippen LogP) is 5.08. The number of amides is 1. The van der Waals surface area contributed by atoms with Crippen LogP contribution in [0.3, 0.4) is 0 Å². The first kappa shape index (κ1) is 21.6. The van der Waals surface area contributed by atoms with Crippen molar-refractivity contribution in [2.45, 2.75) is 32.6 Å². The third-order valence-corrected chi connectivity index (χ3v) is 5.43. The Morgan fingerprint density at radius 1 is 1.06 bits per heavy atom. The van der Waals surface area contributed by atoms with Crippen LogP contribution in [0.1, 0.15) is 31.2 Å². The van der Waals surface area contributed by atoms with Gasteiger partial charge in [-0.2, -0.15) is 0 Å².